The summed E-state index contributed by atoms with van der Waals surface area (Å²) in [6, 6.07) is 49.4. The average molecular weight is 754 g/mol. The van der Waals surface area contributed by atoms with Crippen molar-refractivity contribution in [2.45, 2.75) is 22.5 Å². The van der Waals surface area contributed by atoms with Gasteiger partial charge in [0, 0.05) is 68.8 Å². The summed E-state index contributed by atoms with van der Waals surface area (Å²) in [7, 11) is 0. The lowest BCUT2D eigenvalue weighted by Gasteiger charge is -2.28. The molecule has 4 nitrogen and oxygen atoms in total. The summed E-state index contributed by atoms with van der Waals surface area (Å²) in [5.41, 5.74) is 8.00. The molecule has 0 fully saturated rings. The van der Waals surface area contributed by atoms with Gasteiger partial charge in [-0.05, 0) is 58.3 Å². The molecule has 10 aromatic rings. The molecule has 1 aliphatic heterocycles. The van der Waals surface area contributed by atoms with Crippen LogP contribution in [0.3, 0.4) is 0 Å². The number of furan rings is 1. The molecule has 4 heterocycles. The topological polar surface area (TPSA) is 51.8 Å². The van der Waals surface area contributed by atoms with Crippen molar-refractivity contribution in [3.05, 3.63) is 169 Å². The Balaban J connectivity index is 1.12. The van der Waals surface area contributed by atoms with E-state index in [0.717, 1.165) is 60.5 Å². The van der Waals surface area contributed by atoms with Crippen molar-refractivity contribution in [2.75, 3.05) is 0 Å². The first-order valence-electron chi connectivity index (χ1n) is 18.9. The molecular formula is C50H31N3OS2. The van der Waals surface area contributed by atoms with Gasteiger partial charge in [-0.2, -0.15) is 0 Å². The predicted octanol–water partition coefficient (Wildman–Crippen LogP) is 13.8. The van der Waals surface area contributed by atoms with Crippen LogP contribution in [-0.4, -0.2) is 20.2 Å². The first-order chi connectivity index (χ1) is 27.6. The molecule has 7 aromatic carbocycles. The maximum absolute atomic E-state index is 6.85. The van der Waals surface area contributed by atoms with E-state index in [1.165, 1.54) is 30.6 Å². The van der Waals surface area contributed by atoms with Gasteiger partial charge in [0.05, 0.1) is 0 Å². The Morgan fingerprint density at radius 1 is 0.571 bits per heavy atom. The number of rotatable bonds is 4. The average Bonchev–Trinajstić information content (AvgIpc) is 3.92. The summed E-state index contributed by atoms with van der Waals surface area (Å²) >= 11 is 3.74. The number of hydrogen-bond acceptors (Lipinski definition) is 6. The van der Waals surface area contributed by atoms with Crippen molar-refractivity contribution in [3.63, 3.8) is 0 Å². The third-order valence-corrected chi connectivity index (χ3v) is 14.3. The molecule has 2 aliphatic rings. The molecule has 3 aromatic heterocycles. The van der Waals surface area contributed by atoms with Gasteiger partial charge in [-0.15, -0.1) is 23.1 Å². The highest BCUT2D eigenvalue weighted by Gasteiger charge is 2.41. The van der Waals surface area contributed by atoms with Crippen LogP contribution in [0, 0.1) is 0 Å². The Hall–Kier alpha value is -6.34. The number of thioether (sulfide) groups is 1. The quantitative estimate of drug-likeness (QED) is 0.179. The monoisotopic (exact) mass is 753 g/mol. The van der Waals surface area contributed by atoms with Crippen LogP contribution in [0.2, 0.25) is 0 Å². The van der Waals surface area contributed by atoms with Gasteiger partial charge in [-0.3, -0.25) is 0 Å². The maximum atomic E-state index is 6.85. The van der Waals surface area contributed by atoms with Crippen LogP contribution in [0.25, 0.3) is 98.2 Å². The van der Waals surface area contributed by atoms with Crippen molar-refractivity contribution in [1.82, 2.24) is 15.0 Å². The van der Waals surface area contributed by atoms with Gasteiger partial charge in [0.1, 0.15) is 11.2 Å². The first-order valence-corrected chi connectivity index (χ1v) is 20.6. The molecule has 0 spiro atoms. The lowest BCUT2D eigenvalue weighted by atomic mass is 9.77. The molecular weight excluding hydrogens is 723 g/mol. The first kappa shape index (κ1) is 32.0. The number of hydrogen-bond donors (Lipinski definition) is 0. The van der Waals surface area contributed by atoms with Crippen molar-refractivity contribution >= 4 is 76.0 Å². The van der Waals surface area contributed by atoms with Gasteiger partial charge in [-0.1, -0.05) is 134 Å². The molecule has 56 heavy (non-hydrogen) atoms. The van der Waals surface area contributed by atoms with Crippen molar-refractivity contribution < 1.29 is 4.42 Å². The fourth-order valence-electron chi connectivity index (χ4n) is 8.85. The molecule has 0 bridgehead atoms. The number of benzene rings is 7. The zero-order valence-electron chi connectivity index (χ0n) is 30.2. The minimum Gasteiger partial charge on any atom is -0.455 e. The third kappa shape index (κ3) is 4.70. The largest absolute Gasteiger partial charge is 0.455 e. The maximum Gasteiger partial charge on any atom is 0.164 e. The molecule has 12 rings (SSSR count). The fraction of sp³-hybridized carbons (Fsp3) is 0.0600. The van der Waals surface area contributed by atoms with E-state index in [2.05, 4.69) is 165 Å². The molecule has 0 N–H and O–H groups in total. The Labute approximate surface area is 330 Å². The van der Waals surface area contributed by atoms with E-state index in [4.69, 9.17) is 19.4 Å². The predicted molar refractivity (Wildman–Crippen MR) is 235 cm³/mol. The lowest BCUT2D eigenvalue weighted by Crippen LogP contribution is -2.28. The second-order valence-corrected chi connectivity index (χ2v) is 17.1. The van der Waals surface area contributed by atoms with E-state index in [0.29, 0.717) is 22.7 Å². The number of nitrogens with zero attached hydrogens (tertiary/aromatic N) is 3. The second-order valence-electron chi connectivity index (χ2n) is 14.8. The molecule has 0 saturated heterocycles. The van der Waals surface area contributed by atoms with Gasteiger partial charge in [-0.25, -0.2) is 15.0 Å². The van der Waals surface area contributed by atoms with Gasteiger partial charge in [0.2, 0.25) is 0 Å². The number of fused-ring (bicyclic) bond motifs is 10. The molecule has 2 unspecified atom stereocenters. The minimum absolute atomic E-state index is 0.0407. The zero-order chi connectivity index (χ0) is 37.0. The molecule has 2 atom stereocenters. The Morgan fingerprint density at radius 2 is 1.29 bits per heavy atom. The highest BCUT2D eigenvalue weighted by molar-refractivity contribution is 8.00. The SMILES string of the molecule is CC12C=CC=CC1Sc1cc(-c3nc(-c4cccc5ccccc45)nc(-c4ccc(-c5cccc6sc7ccccc7c56)c5oc6ccccc6c45)n3)ccc12. The summed E-state index contributed by atoms with van der Waals surface area (Å²) in [6.45, 7) is 2.33. The van der Waals surface area contributed by atoms with Crippen LogP contribution in [0.4, 0.5) is 0 Å². The normalized spacial score (nSPS) is 17.4. The standard InChI is InChI=1S/C50H31N3OS2/c1-50-27-9-8-22-43(50)56-42-28-30(23-26-38(42)50)47-51-48(34-18-10-13-29-12-2-3-14-31(29)34)53-49(52-47)37-25-24-33(46-45(37)35-15-4-6-19-39(35)54-46)32-17-11-21-41-44(32)36-16-5-7-20-40(36)55-41/h2-28,43H,1H3. The van der Waals surface area contributed by atoms with Crippen LogP contribution in [0.5, 0.6) is 0 Å². The van der Waals surface area contributed by atoms with Gasteiger partial charge in [0.25, 0.3) is 0 Å². The van der Waals surface area contributed by atoms with Crippen LogP contribution in [0.1, 0.15) is 12.5 Å². The molecule has 0 amide bonds. The summed E-state index contributed by atoms with van der Waals surface area (Å²) in [5.74, 6) is 1.90. The van der Waals surface area contributed by atoms with Gasteiger partial charge >= 0.3 is 0 Å². The Morgan fingerprint density at radius 3 is 2.21 bits per heavy atom. The molecule has 264 valence electrons. The third-order valence-electron chi connectivity index (χ3n) is 11.6. The van der Waals surface area contributed by atoms with Crippen LogP contribution >= 0.6 is 23.1 Å². The zero-order valence-corrected chi connectivity index (χ0v) is 31.9. The summed E-state index contributed by atoms with van der Waals surface area (Å²) < 4.78 is 9.38. The Kier molecular flexibility index (Phi) is 6.89. The van der Waals surface area contributed by atoms with Crippen molar-refractivity contribution in [1.29, 1.82) is 0 Å². The summed E-state index contributed by atoms with van der Waals surface area (Å²) in [6.07, 6.45) is 8.98. The van der Waals surface area contributed by atoms with E-state index in [1.54, 1.807) is 0 Å². The Bertz CT molecular complexity index is 3330. The number of thiophene rings is 1. The van der Waals surface area contributed by atoms with Crippen molar-refractivity contribution in [2.24, 2.45) is 0 Å². The van der Waals surface area contributed by atoms with E-state index in [1.807, 2.05) is 29.2 Å². The fourth-order valence-corrected chi connectivity index (χ4v) is 11.5. The summed E-state index contributed by atoms with van der Waals surface area (Å²) in [5, 5.41) is 7.13. The van der Waals surface area contributed by atoms with E-state index in [9.17, 15) is 0 Å². The van der Waals surface area contributed by atoms with Crippen LogP contribution < -0.4 is 0 Å². The lowest BCUT2D eigenvalue weighted by molar-refractivity contribution is 0.620. The van der Waals surface area contributed by atoms with Crippen molar-refractivity contribution in [3.8, 4) is 45.3 Å². The van der Waals surface area contributed by atoms with Crippen LogP contribution in [-0.2, 0) is 5.41 Å². The highest BCUT2D eigenvalue weighted by atomic mass is 32.2. The summed E-state index contributed by atoms with van der Waals surface area (Å²) in [4.78, 5) is 17.2. The number of allylic oxidation sites excluding steroid dienone is 3. The van der Waals surface area contributed by atoms with E-state index < -0.39 is 0 Å². The van der Waals surface area contributed by atoms with E-state index >= 15 is 0 Å². The van der Waals surface area contributed by atoms with Gasteiger partial charge < -0.3 is 4.42 Å². The van der Waals surface area contributed by atoms with E-state index in [-0.39, 0.29) is 5.41 Å². The molecule has 1 aliphatic carbocycles. The highest BCUT2D eigenvalue weighted by Crippen LogP contribution is 2.53. The smallest absolute Gasteiger partial charge is 0.164 e. The van der Waals surface area contributed by atoms with Crippen LogP contribution in [0.15, 0.2) is 173 Å². The van der Waals surface area contributed by atoms with Gasteiger partial charge in [0.15, 0.2) is 17.5 Å². The molecule has 0 radical (unpaired) electrons. The minimum atomic E-state index is -0.0407. The molecule has 6 heteroatoms. The number of aromatic nitrogens is 3. The molecule has 0 saturated carbocycles. The second kappa shape index (κ2) is 12.1. The number of para-hydroxylation sites is 1.